The van der Waals surface area contributed by atoms with Gasteiger partial charge in [-0.2, -0.15) is 4.37 Å². The fraction of sp³-hybridized carbons (Fsp3) is 0.125. The average Bonchev–Trinajstić information content (AvgIpc) is 2.54. The predicted molar refractivity (Wildman–Crippen MR) is 50.6 cm³/mol. The van der Waals surface area contributed by atoms with E-state index >= 15 is 0 Å². The van der Waals surface area contributed by atoms with Gasteiger partial charge in [-0.15, -0.1) is 0 Å². The van der Waals surface area contributed by atoms with E-state index in [0.29, 0.717) is 0 Å². The molecule has 0 radical (unpaired) electrons. The summed E-state index contributed by atoms with van der Waals surface area (Å²) in [5, 5.41) is 0.988. The number of rotatable bonds is 1. The first-order valence-corrected chi connectivity index (χ1v) is 4.27. The minimum absolute atomic E-state index is 0.758. The maximum atomic E-state index is 5.74. The number of nitrogen functional groups attached to an aromatic ring is 1. The van der Waals surface area contributed by atoms with Gasteiger partial charge in [-0.3, -0.25) is 0 Å². The van der Waals surface area contributed by atoms with E-state index in [4.69, 9.17) is 10.5 Å². The number of ether oxygens (including phenoxy) is 1. The molecule has 62 valence electrons. The molecule has 0 fully saturated rings. The lowest BCUT2D eigenvalue weighted by Gasteiger charge is -2.01. The third kappa shape index (κ3) is 0.921. The van der Waals surface area contributed by atoms with Crippen molar-refractivity contribution in [1.29, 1.82) is 0 Å². The summed E-state index contributed by atoms with van der Waals surface area (Å²) in [6.45, 7) is 0. The molecule has 0 unspecified atom stereocenters. The van der Waals surface area contributed by atoms with Crippen molar-refractivity contribution < 1.29 is 4.74 Å². The van der Waals surface area contributed by atoms with Crippen molar-refractivity contribution in [2.75, 3.05) is 12.8 Å². The van der Waals surface area contributed by atoms with Gasteiger partial charge in [-0.25, -0.2) is 0 Å². The van der Waals surface area contributed by atoms with Gasteiger partial charge in [0.1, 0.15) is 5.75 Å². The fourth-order valence-corrected chi connectivity index (χ4v) is 1.82. The van der Waals surface area contributed by atoms with Gasteiger partial charge in [0.2, 0.25) is 0 Å². The molecule has 12 heavy (non-hydrogen) atoms. The summed E-state index contributed by atoms with van der Waals surface area (Å²) >= 11 is 1.39. The van der Waals surface area contributed by atoms with Crippen molar-refractivity contribution in [2.45, 2.75) is 0 Å². The zero-order valence-electron chi connectivity index (χ0n) is 6.57. The molecule has 0 bridgehead atoms. The van der Waals surface area contributed by atoms with E-state index in [9.17, 15) is 0 Å². The van der Waals surface area contributed by atoms with Gasteiger partial charge in [0.05, 0.1) is 29.1 Å². The number of aromatic nitrogens is 1. The zero-order valence-corrected chi connectivity index (χ0v) is 7.39. The van der Waals surface area contributed by atoms with E-state index in [-0.39, 0.29) is 0 Å². The molecule has 0 spiro atoms. The highest BCUT2D eigenvalue weighted by Crippen LogP contribution is 2.32. The van der Waals surface area contributed by atoms with Gasteiger partial charge in [0.25, 0.3) is 0 Å². The number of fused-ring (bicyclic) bond motifs is 1. The highest BCUT2D eigenvalue weighted by Gasteiger charge is 2.05. The van der Waals surface area contributed by atoms with Gasteiger partial charge in [0, 0.05) is 0 Å². The molecule has 1 heterocycles. The first-order valence-electron chi connectivity index (χ1n) is 3.50. The Bertz CT molecular complexity index is 410. The topological polar surface area (TPSA) is 48.1 Å². The van der Waals surface area contributed by atoms with Crippen LogP contribution in [0.2, 0.25) is 0 Å². The maximum absolute atomic E-state index is 5.74. The lowest BCUT2D eigenvalue weighted by Crippen LogP contribution is -1.87. The molecular weight excluding hydrogens is 172 g/mol. The van der Waals surface area contributed by atoms with E-state index < -0.39 is 0 Å². The van der Waals surface area contributed by atoms with Crippen molar-refractivity contribution in [3.63, 3.8) is 0 Å². The lowest BCUT2D eigenvalue weighted by atomic mass is 10.2. The largest absolute Gasteiger partial charge is 0.496 e. The molecule has 2 rings (SSSR count). The Morgan fingerprint density at radius 1 is 1.50 bits per heavy atom. The van der Waals surface area contributed by atoms with Gasteiger partial charge < -0.3 is 10.5 Å². The molecule has 0 aliphatic rings. The molecule has 2 aromatic rings. The molecule has 0 saturated carbocycles. The standard InChI is InChI=1S/C8H8N2OS/c1-11-7-3-2-6(9)8-5(7)4-10-12-8/h2-4H,9H2,1H3. The third-order valence-electron chi connectivity index (χ3n) is 1.73. The molecule has 0 aliphatic heterocycles. The Hall–Kier alpha value is -1.29. The van der Waals surface area contributed by atoms with Crippen LogP contribution in [0.5, 0.6) is 5.75 Å². The van der Waals surface area contributed by atoms with Crippen molar-refractivity contribution >= 4 is 27.3 Å². The molecule has 1 aromatic heterocycles. The second-order valence-electron chi connectivity index (χ2n) is 2.43. The molecule has 0 atom stereocenters. The molecule has 0 amide bonds. The van der Waals surface area contributed by atoms with E-state index in [1.165, 1.54) is 11.5 Å². The number of benzene rings is 1. The predicted octanol–water partition coefficient (Wildman–Crippen LogP) is 1.89. The van der Waals surface area contributed by atoms with Crippen LogP contribution in [0.25, 0.3) is 10.1 Å². The normalized spacial score (nSPS) is 10.4. The lowest BCUT2D eigenvalue weighted by molar-refractivity contribution is 0.420. The molecule has 1 aromatic carbocycles. The minimum atomic E-state index is 0.758. The number of nitrogens with two attached hydrogens (primary N) is 1. The second kappa shape index (κ2) is 2.64. The van der Waals surface area contributed by atoms with Gasteiger partial charge in [-0.05, 0) is 23.7 Å². The fourth-order valence-electron chi connectivity index (χ4n) is 1.13. The Morgan fingerprint density at radius 3 is 3.08 bits per heavy atom. The SMILES string of the molecule is COc1ccc(N)c2sncc12. The van der Waals surface area contributed by atoms with E-state index in [0.717, 1.165) is 21.5 Å². The van der Waals surface area contributed by atoms with E-state index in [1.54, 1.807) is 13.3 Å². The summed E-state index contributed by atoms with van der Waals surface area (Å²) in [6, 6.07) is 3.69. The maximum Gasteiger partial charge on any atom is 0.129 e. The van der Waals surface area contributed by atoms with Gasteiger partial charge >= 0.3 is 0 Å². The third-order valence-corrected chi connectivity index (χ3v) is 2.58. The molecule has 2 N–H and O–H groups in total. The van der Waals surface area contributed by atoms with Crippen LogP contribution in [0.15, 0.2) is 18.3 Å². The Kier molecular flexibility index (Phi) is 1.62. The summed E-state index contributed by atoms with van der Waals surface area (Å²) in [5.41, 5.74) is 6.50. The van der Waals surface area contributed by atoms with Crippen LogP contribution in [-0.4, -0.2) is 11.5 Å². The highest BCUT2D eigenvalue weighted by atomic mass is 32.1. The first-order chi connectivity index (χ1) is 5.83. The second-order valence-corrected chi connectivity index (χ2v) is 3.23. The van der Waals surface area contributed by atoms with Gasteiger partial charge in [-0.1, -0.05) is 0 Å². The van der Waals surface area contributed by atoms with Crippen molar-refractivity contribution in [3.8, 4) is 5.75 Å². The van der Waals surface area contributed by atoms with Crippen LogP contribution in [0.4, 0.5) is 5.69 Å². The highest BCUT2D eigenvalue weighted by molar-refractivity contribution is 7.14. The van der Waals surface area contributed by atoms with Crippen LogP contribution in [0.3, 0.4) is 0 Å². The van der Waals surface area contributed by atoms with Crippen LogP contribution < -0.4 is 10.5 Å². The quantitative estimate of drug-likeness (QED) is 0.682. The summed E-state index contributed by atoms with van der Waals surface area (Å²) < 4.78 is 10.2. The summed E-state index contributed by atoms with van der Waals surface area (Å²) in [5.74, 6) is 0.827. The Morgan fingerprint density at radius 2 is 2.33 bits per heavy atom. The number of hydrogen-bond donors (Lipinski definition) is 1. The molecule has 3 nitrogen and oxygen atoms in total. The molecular formula is C8H8N2OS. The molecule has 0 aliphatic carbocycles. The smallest absolute Gasteiger partial charge is 0.129 e. The zero-order chi connectivity index (χ0) is 8.55. The molecule has 0 saturated heterocycles. The first kappa shape index (κ1) is 7.36. The molecule has 4 heteroatoms. The van der Waals surface area contributed by atoms with Crippen molar-refractivity contribution in [2.24, 2.45) is 0 Å². The van der Waals surface area contributed by atoms with Crippen LogP contribution >= 0.6 is 11.5 Å². The number of nitrogens with zero attached hydrogens (tertiary/aromatic N) is 1. The van der Waals surface area contributed by atoms with E-state index in [1.807, 2.05) is 12.1 Å². The number of anilines is 1. The summed E-state index contributed by atoms with van der Waals surface area (Å²) in [7, 11) is 1.64. The average molecular weight is 180 g/mol. The van der Waals surface area contributed by atoms with Crippen LogP contribution in [0.1, 0.15) is 0 Å². The van der Waals surface area contributed by atoms with Crippen molar-refractivity contribution in [3.05, 3.63) is 18.3 Å². The Balaban J connectivity index is 2.82. The Labute approximate surface area is 73.9 Å². The summed E-state index contributed by atoms with van der Waals surface area (Å²) in [6.07, 6.45) is 1.77. The minimum Gasteiger partial charge on any atom is -0.496 e. The number of methoxy groups -OCH3 is 1. The van der Waals surface area contributed by atoms with Crippen LogP contribution in [0, 0.1) is 0 Å². The van der Waals surface area contributed by atoms with Crippen LogP contribution in [-0.2, 0) is 0 Å². The van der Waals surface area contributed by atoms with E-state index in [2.05, 4.69) is 4.37 Å². The van der Waals surface area contributed by atoms with Gasteiger partial charge in [0.15, 0.2) is 0 Å². The monoisotopic (exact) mass is 180 g/mol. The summed E-state index contributed by atoms with van der Waals surface area (Å²) in [4.78, 5) is 0. The van der Waals surface area contributed by atoms with Crippen molar-refractivity contribution in [1.82, 2.24) is 4.37 Å². The number of hydrogen-bond acceptors (Lipinski definition) is 4.